The second kappa shape index (κ2) is 6.03. The van der Waals surface area contributed by atoms with E-state index in [1.807, 2.05) is 26.0 Å². The van der Waals surface area contributed by atoms with Crippen molar-refractivity contribution in [2.24, 2.45) is 5.92 Å². The van der Waals surface area contributed by atoms with E-state index >= 15 is 0 Å². The topological polar surface area (TPSA) is 66.4 Å². The first-order valence-electron chi connectivity index (χ1n) is 5.60. The van der Waals surface area contributed by atoms with Crippen molar-refractivity contribution < 1.29 is 14.7 Å². The summed E-state index contributed by atoms with van der Waals surface area (Å²) < 4.78 is 0. The molecule has 0 saturated heterocycles. The first kappa shape index (κ1) is 13.2. The van der Waals surface area contributed by atoms with E-state index in [1.165, 1.54) is 0 Å². The van der Waals surface area contributed by atoms with E-state index in [9.17, 15) is 9.59 Å². The first-order valence-corrected chi connectivity index (χ1v) is 5.60. The number of amides is 1. The van der Waals surface area contributed by atoms with Gasteiger partial charge in [-0.05, 0) is 24.1 Å². The average molecular weight is 235 g/mol. The molecule has 92 valence electrons. The zero-order valence-corrected chi connectivity index (χ0v) is 10.1. The maximum absolute atomic E-state index is 11.4. The lowest BCUT2D eigenvalue weighted by Crippen LogP contribution is -2.17. The van der Waals surface area contributed by atoms with Crippen LogP contribution in [0.25, 0.3) is 0 Å². The van der Waals surface area contributed by atoms with Gasteiger partial charge in [0.25, 0.3) is 0 Å². The van der Waals surface area contributed by atoms with E-state index in [0.717, 1.165) is 11.3 Å². The van der Waals surface area contributed by atoms with E-state index in [4.69, 9.17) is 5.11 Å². The van der Waals surface area contributed by atoms with Crippen molar-refractivity contribution in [2.75, 3.05) is 5.32 Å². The molecule has 0 unspecified atom stereocenters. The molecule has 1 rings (SSSR count). The number of anilines is 1. The van der Waals surface area contributed by atoms with Crippen molar-refractivity contribution >= 4 is 17.6 Å². The lowest BCUT2D eigenvalue weighted by Gasteiger charge is -2.08. The van der Waals surface area contributed by atoms with Crippen LogP contribution in [-0.4, -0.2) is 17.0 Å². The highest BCUT2D eigenvalue weighted by Crippen LogP contribution is 2.12. The van der Waals surface area contributed by atoms with Crippen LogP contribution < -0.4 is 5.32 Å². The smallest absolute Gasteiger partial charge is 0.303 e. The minimum absolute atomic E-state index is 0.0247. The molecule has 0 aliphatic heterocycles. The third kappa shape index (κ3) is 4.68. The molecule has 0 saturated carbocycles. The summed E-state index contributed by atoms with van der Waals surface area (Å²) in [6, 6.07) is 7.24. The molecule has 0 fully saturated rings. The molecular formula is C13H17NO3. The van der Waals surface area contributed by atoms with Crippen molar-refractivity contribution in [3.05, 3.63) is 29.8 Å². The summed E-state index contributed by atoms with van der Waals surface area (Å²) >= 11 is 0. The summed E-state index contributed by atoms with van der Waals surface area (Å²) in [5, 5.41) is 11.3. The van der Waals surface area contributed by atoms with Gasteiger partial charge in [-0.3, -0.25) is 9.59 Å². The number of carbonyl (C=O) groups excluding carboxylic acids is 1. The highest BCUT2D eigenvalue weighted by molar-refractivity contribution is 5.92. The normalized spacial score (nSPS) is 10.3. The maximum atomic E-state index is 11.4. The van der Waals surface area contributed by atoms with Gasteiger partial charge in [0.1, 0.15) is 0 Å². The SMILES string of the molecule is CC(C)C(=O)Nc1ccc(CCC(=O)O)cc1. The van der Waals surface area contributed by atoms with Gasteiger partial charge < -0.3 is 10.4 Å². The number of aliphatic carboxylic acids is 1. The molecule has 0 aliphatic rings. The number of nitrogens with one attached hydrogen (secondary N) is 1. The summed E-state index contributed by atoms with van der Waals surface area (Å²) in [5.41, 5.74) is 1.69. The van der Waals surface area contributed by atoms with Crippen LogP contribution in [0.4, 0.5) is 5.69 Å². The zero-order valence-electron chi connectivity index (χ0n) is 10.1. The molecule has 4 nitrogen and oxygen atoms in total. The van der Waals surface area contributed by atoms with Gasteiger partial charge in [-0.2, -0.15) is 0 Å². The first-order chi connectivity index (χ1) is 7.99. The Hall–Kier alpha value is -1.84. The van der Waals surface area contributed by atoms with E-state index < -0.39 is 5.97 Å². The lowest BCUT2D eigenvalue weighted by atomic mass is 10.1. The lowest BCUT2D eigenvalue weighted by molar-refractivity contribution is -0.137. The molecule has 4 heteroatoms. The highest BCUT2D eigenvalue weighted by Gasteiger charge is 2.06. The van der Waals surface area contributed by atoms with Crippen LogP contribution in [0.3, 0.4) is 0 Å². The van der Waals surface area contributed by atoms with Crippen LogP contribution in [0, 0.1) is 5.92 Å². The summed E-state index contributed by atoms with van der Waals surface area (Å²) in [6.07, 6.45) is 0.630. The predicted molar refractivity (Wildman–Crippen MR) is 65.9 cm³/mol. The fraction of sp³-hybridized carbons (Fsp3) is 0.385. The van der Waals surface area contributed by atoms with E-state index in [1.54, 1.807) is 12.1 Å². The van der Waals surface area contributed by atoms with Crippen LogP contribution >= 0.6 is 0 Å². The number of benzene rings is 1. The Kier molecular flexibility index (Phi) is 4.69. The highest BCUT2D eigenvalue weighted by atomic mass is 16.4. The Labute approximate surface area is 101 Å². The Morgan fingerprint density at radius 2 is 1.82 bits per heavy atom. The molecule has 1 aromatic carbocycles. The molecule has 1 aromatic rings. The van der Waals surface area contributed by atoms with Crippen molar-refractivity contribution in [1.29, 1.82) is 0 Å². The van der Waals surface area contributed by atoms with Crippen LogP contribution in [0.2, 0.25) is 0 Å². The monoisotopic (exact) mass is 235 g/mol. The molecule has 0 aromatic heterocycles. The summed E-state index contributed by atoms with van der Waals surface area (Å²) in [4.78, 5) is 21.8. The number of carbonyl (C=O) groups is 2. The minimum atomic E-state index is -0.804. The summed E-state index contributed by atoms with van der Waals surface area (Å²) in [6.45, 7) is 3.66. The van der Waals surface area contributed by atoms with Crippen LogP contribution in [0.5, 0.6) is 0 Å². The molecule has 0 radical (unpaired) electrons. The molecule has 0 bridgehead atoms. The van der Waals surface area contributed by atoms with Crippen LogP contribution in [0.1, 0.15) is 25.8 Å². The molecule has 0 spiro atoms. The fourth-order valence-electron chi connectivity index (χ4n) is 1.29. The quantitative estimate of drug-likeness (QED) is 0.822. The van der Waals surface area contributed by atoms with Gasteiger partial charge in [0.05, 0.1) is 0 Å². The summed E-state index contributed by atoms with van der Waals surface area (Å²) in [5.74, 6) is -0.882. The van der Waals surface area contributed by atoms with E-state index in [0.29, 0.717) is 6.42 Å². The van der Waals surface area contributed by atoms with Crippen LogP contribution in [-0.2, 0) is 16.0 Å². The molecule has 17 heavy (non-hydrogen) atoms. The van der Waals surface area contributed by atoms with Gasteiger partial charge in [0.2, 0.25) is 5.91 Å². The maximum Gasteiger partial charge on any atom is 0.303 e. The molecule has 0 heterocycles. The second-order valence-electron chi connectivity index (χ2n) is 4.23. The standard InChI is InChI=1S/C13H17NO3/c1-9(2)13(17)14-11-6-3-10(4-7-11)5-8-12(15)16/h3-4,6-7,9H,5,8H2,1-2H3,(H,14,17)(H,15,16). The number of rotatable bonds is 5. The zero-order chi connectivity index (χ0) is 12.8. The molecule has 2 N–H and O–H groups in total. The Morgan fingerprint density at radius 1 is 1.24 bits per heavy atom. The second-order valence-corrected chi connectivity index (χ2v) is 4.23. The molecule has 1 amide bonds. The largest absolute Gasteiger partial charge is 0.481 e. The summed E-state index contributed by atoms with van der Waals surface area (Å²) in [7, 11) is 0. The number of carboxylic acids is 1. The van der Waals surface area contributed by atoms with Gasteiger partial charge in [-0.1, -0.05) is 26.0 Å². The molecule has 0 atom stereocenters. The van der Waals surface area contributed by atoms with Gasteiger partial charge in [-0.25, -0.2) is 0 Å². The molecular weight excluding hydrogens is 218 g/mol. The van der Waals surface area contributed by atoms with Gasteiger partial charge >= 0.3 is 5.97 Å². The van der Waals surface area contributed by atoms with Crippen molar-refractivity contribution in [3.8, 4) is 0 Å². The third-order valence-corrected chi connectivity index (χ3v) is 2.37. The van der Waals surface area contributed by atoms with Gasteiger partial charge in [-0.15, -0.1) is 0 Å². The number of aryl methyl sites for hydroxylation is 1. The predicted octanol–water partition coefficient (Wildman–Crippen LogP) is 2.30. The van der Waals surface area contributed by atoms with Crippen LogP contribution in [0.15, 0.2) is 24.3 Å². The van der Waals surface area contributed by atoms with Crippen molar-refractivity contribution in [2.45, 2.75) is 26.7 Å². The third-order valence-electron chi connectivity index (χ3n) is 2.37. The average Bonchev–Trinajstić information content (AvgIpc) is 2.28. The number of carboxylic acid groups (broad SMARTS) is 1. The Balaban J connectivity index is 2.56. The number of hydrogen-bond acceptors (Lipinski definition) is 2. The van der Waals surface area contributed by atoms with Gasteiger partial charge in [0, 0.05) is 18.0 Å². The fourth-order valence-corrected chi connectivity index (χ4v) is 1.29. The Bertz CT molecular complexity index is 396. The van der Waals surface area contributed by atoms with Crippen molar-refractivity contribution in [3.63, 3.8) is 0 Å². The van der Waals surface area contributed by atoms with E-state index in [-0.39, 0.29) is 18.2 Å². The van der Waals surface area contributed by atoms with E-state index in [2.05, 4.69) is 5.32 Å². The number of hydrogen-bond donors (Lipinski definition) is 2. The molecule has 0 aliphatic carbocycles. The van der Waals surface area contributed by atoms with Crippen molar-refractivity contribution in [1.82, 2.24) is 0 Å². The van der Waals surface area contributed by atoms with Gasteiger partial charge in [0.15, 0.2) is 0 Å². The Morgan fingerprint density at radius 3 is 2.29 bits per heavy atom. The minimum Gasteiger partial charge on any atom is -0.481 e.